The Balaban J connectivity index is 1.57. The third kappa shape index (κ3) is 2.48. The second-order valence-corrected chi connectivity index (χ2v) is 6.37. The highest BCUT2D eigenvalue weighted by Gasteiger charge is 2.25. The third-order valence-corrected chi connectivity index (χ3v) is 4.94. The Morgan fingerprint density at radius 1 is 1.12 bits per heavy atom. The third-order valence-electron chi connectivity index (χ3n) is 4.94. The molecule has 3 aromatic rings. The first-order chi connectivity index (χ1) is 11.6. The highest BCUT2D eigenvalue weighted by Crippen LogP contribution is 2.30. The molecule has 2 heterocycles. The van der Waals surface area contributed by atoms with Crippen LogP contribution in [0.4, 0.5) is 4.39 Å². The molecule has 0 spiro atoms. The fourth-order valence-electron chi connectivity index (χ4n) is 3.61. The van der Waals surface area contributed by atoms with Crippen molar-refractivity contribution in [3.8, 4) is 0 Å². The number of hydrogen-bond donors (Lipinski definition) is 0. The Morgan fingerprint density at radius 2 is 1.88 bits per heavy atom. The molecule has 0 bridgehead atoms. The molecule has 0 atom stereocenters. The highest BCUT2D eigenvalue weighted by atomic mass is 19.1. The fourth-order valence-corrected chi connectivity index (χ4v) is 3.61. The molecule has 0 N–H and O–H groups in total. The van der Waals surface area contributed by atoms with Crippen molar-refractivity contribution in [2.75, 3.05) is 6.54 Å². The van der Waals surface area contributed by atoms with Gasteiger partial charge in [0.25, 0.3) is 0 Å². The molecule has 1 amide bonds. The minimum Gasteiger partial charge on any atom is -0.346 e. The Labute approximate surface area is 140 Å². The first-order valence-electron chi connectivity index (χ1n) is 8.21. The molecule has 4 rings (SSSR count). The summed E-state index contributed by atoms with van der Waals surface area (Å²) in [5.74, 6) is -0.179. The van der Waals surface area contributed by atoms with Crippen LogP contribution >= 0.6 is 0 Å². The van der Waals surface area contributed by atoms with Crippen molar-refractivity contribution in [1.82, 2.24) is 9.47 Å². The van der Waals surface area contributed by atoms with E-state index in [1.807, 2.05) is 11.0 Å². The normalized spacial score (nSPS) is 14.0. The average Bonchev–Trinajstić information content (AvgIpc) is 2.90. The lowest BCUT2D eigenvalue weighted by molar-refractivity contribution is -0.131. The van der Waals surface area contributed by atoms with Gasteiger partial charge in [-0.2, -0.15) is 0 Å². The van der Waals surface area contributed by atoms with E-state index < -0.39 is 0 Å². The molecule has 0 saturated heterocycles. The lowest BCUT2D eigenvalue weighted by Gasteiger charge is -2.28. The zero-order valence-electron chi connectivity index (χ0n) is 13.6. The minimum atomic E-state index is -0.274. The first kappa shape index (κ1) is 14.9. The largest absolute Gasteiger partial charge is 0.346 e. The van der Waals surface area contributed by atoms with E-state index in [0.29, 0.717) is 13.0 Å². The van der Waals surface area contributed by atoms with Crippen LogP contribution in [0.1, 0.15) is 16.8 Å². The maximum atomic E-state index is 13.0. The summed E-state index contributed by atoms with van der Waals surface area (Å²) in [4.78, 5) is 14.5. The average molecular weight is 322 g/mol. The maximum Gasteiger partial charge on any atom is 0.227 e. The number of rotatable bonds is 2. The number of para-hydroxylation sites is 1. The molecule has 0 fully saturated rings. The molecule has 122 valence electrons. The van der Waals surface area contributed by atoms with Gasteiger partial charge in [-0.3, -0.25) is 4.79 Å². The van der Waals surface area contributed by atoms with Gasteiger partial charge in [-0.15, -0.1) is 0 Å². The summed E-state index contributed by atoms with van der Waals surface area (Å²) in [6.45, 7) is 1.38. The second-order valence-electron chi connectivity index (χ2n) is 6.37. The maximum absolute atomic E-state index is 13.0. The van der Waals surface area contributed by atoms with Gasteiger partial charge in [-0.1, -0.05) is 30.3 Å². The molecule has 1 aliphatic rings. The van der Waals surface area contributed by atoms with E-state index in [9.17, 15) is 9.18 Å². The highest BCUT2D eigenvalue weighted by molar-refractivity contribution is 5.86. The van der Waals surface area contributed by atoms with E-state index in [0.717, 1.165) is 18.5 Å². The van der Waals surface area contributed by atoms with Crippen molar-refractivity contribution in [2.24, 2.45) is 7.05 Å². The van der Waals surface area contributed by atoms with Crippen LogP contribution in [0.2, 0.25) is 0 Å². The van der Waals surface area contributed by atoms with Gasteiger partial charge >= 0.3 is 0 Å². The predicted octanol–water partition coefficient (Wildman–Crippen LogP) is 3.44. The predicted molar refractivity (Wildman–Crippen MR) is 92.1 cm³/mol. The van der Waals surface area contributed by atoms with Gasteiger partial charge in [0, 0.05) is 30.2 Å². The number of aryl methyl sites for hydroxylation is 1. The van der Waals surface area contributed by atoms with Crippen LogP contribution in [0.15, 0.2) is 48.5 Å². The number of halogens is 1. The molecule has 24 heavy (non-hydrogen) atoms. The van der Waals surface area contributed by atoms with Crippen molar-refractivity contribution >= 4 is 16.8 Å². The van der Waals surface area contributed by atoms with Crippen molar-refractivity contribution in [1.29, 1.82) is 0 Å². The standard InChI is InChI=1S/C20H19FN2O/c1-22-18-5-3-2-4-16(18)17-10-11-23(13-19(17)22)20(24)12-14-6-8-15(21)9-7-14/h2-9H,10-13H2,1H3. The van der Waals surface area contributed by atoms with E-state index in [2.05, 4.69) is 29.8 Å². The Kier molecular flexibility index (Phi) is 3.60. The number of amides is 1. The molecule has 0 saturated carbocycles. The summed E-state index contributed by atoms with van der Waals surface area (Å²) in [6.07, 6.45) is 1.20. The Hall–Kier alpha value is -2.62. The van der Waals surface area contributed by atoms with Gasteiger partial charge in [0.1, 0.15) is 5.82 Å². The minimum absolute atomic E-state index is 0.0949. The van der Waals surface area contributed by atoms with Crippen LogP contribution in [0, 0.1) is 5.82 Å². The molecule has 1 aromatic heterocycles. The van der Waals surface area contributed by atoms with Crippen LogP contribution in [0.25, 0.3) is 10.9 Å². The lowest BCUT2D eigenvalue weighted by atomic mass is 10.0. The van der Waals surface area contributed by atoms with Gasteiger partial charge in [0.15, 0.2) is 0 Å². The van der Waals surface area contributed by atoms with Gasteiger partial charge in [-0.05, 0) is 35.7 Å². The van der Waals surface area contributed by atoms with Gasteiger partial charge in [0.05, 0.1) is 13.0 Å². The van der Waals surface area contributed by atoms with Crippen LogP contribution in [-0.2, 0) is 31.2 Å². The topological polar surface area (TPSA) is 25.2 Å². The molecule has 3 nitrogen and oxygen atoms in total. The number of nitrogens with zero attached hydrogens (tertiary/aromatic N) is 2. The lowest BCUT2D eigenvalue weighted by Crippen LogP contribution is -2.37. The molecule has 0 aliphatic carbocycles. The summed E-state index contributed by atoms with van der Waals surface area (Å²) in [5, 5.41) is 1.29. The van der Waals surface area contributed by atoms with E-state index in [4.69, 9.17) is 0 Å². The summed E-state index contributed by atoms with van der Waals surface area (Å²) >= 11 is 0. The molecule has 1 aliphatic heterocycles. The Bertz CT molecular complexity index is 911. The number of hydrogen-bond acceptors (Lipinski definition) is 1. The SMILES string of the molecule is Cn1c2c(c3ccccc31)CCN(C(=O)Cc1ccc(F)cc1)C2. The fraction of sp³-hybridized carbons (Fsp3) is 0.250. The van der Waals surface area contributed by atoms with Crippen LogP contribution < -0.4 is 0 Å². The monoisotopic (exact) mass is 322 g/mol. The summed E-state index contributed by atoms with van der Waals surface area (Å²) in [7, 11) is 2.06. The van der Waals surface area contributed by atoms with Crippen LogP contribution in [0.5, 0.6) is 0 Å². The summed E-state index contributed by atoms with van der Waals surface area (Å²) < 4.78 is 15.2. The van der Waals surface area contributed by atoms with Gasteiger partial charge < -0.3 is 9.47 Å². The smallest absolute Gasteiger partial charge is 0.227 e. The molecule has 4 heteroatoms. The van der Waals surface area contributed by atoms with E-state index in [1.165, 1.54) is 34.3 Å². The van der Waals surface area contributed by atoms with Crippen LogP contribution in [0.3, 0.4) is 0 Å². The first-order valence-corrected chi connectivity index (χ1v) is 8.21. The van der Waals surface area contributed by atoms with Crippen molar-refractivity contribution < 1.29 is 9.18 Å². The van der Waals surface area contributed by atoms with Crippen LogP contribution in [-0.4, -0.2) is 21.9 Å². The van der Waals surface area contributed by atoms with Gasteiger partial charge in [0.2, 0.25) is 5.91 Å². The van der Waals surface area contributed by atoms with Gasteiger partial charge in [-0.25, -0.2) is 4.39 Å². The number of carbonyl (C=O) groups is 1. The van der Waals surface area contributed by atoms with E-state index in [1.54, 1.807) is 12.1 Å². The zero-order valence-corrected chi connectivity index (χ0v) is 13.6. The number of aromatic nitrogens is 1. The zero-order chi connectivity index (χ0) is 16.7. The number of benzene rings is 2. The number of fused-ring (bicyclic) bond motifs is 3. The van der Waals surface area contributed by atoms with Crippen molar-refractivity contribution in [2.45, 2.75) is 19.4 Å². The summed E-state index contributed by atoms with van der Waals surface area (Å²) in [5.41, 5.74) is 4.65. The summed E-state index contributed by atoms with van der Waals surface area (Å²) in [6, 6.07) is 14.6. The molecular weight excluding hydrogens is 303 g/mol. The van der Waals surface area contributed by atoms with Crippen molar-refractivity contribution in [3.63, 3.8) is 0 Å². The van der Waals surface area contributed by atoms with E-state index >= 15 is 0 Å². The Morgan fingerprint density at radius 3 is 2.67 bits per heavy atom. The molecular formula is C20H19FN2O. The van der Waals surface area contributed by atoms with Crippen molar-refractivity contribution in [3.05, 3.63) is 71.2 Å². The molecule has 0 radical (unpaired) electrons. The molecule has 0 unspecified atom stereocenters. The number of carbonyl (C=O) groups excluding carboxylic acids is 1. The molecule has 2 aromatic carbocycles. The second kappa shape index (κ2) is 5.78. The quantitative estimate of drug-likeness (QED) is 0.709. The van der Waals surface area contributed by atoms with E-state index in [-0.39, 0.29) is 11.7 Å².